The van der Waals surface area contributed by atoms with E-state index in [4.69, 9.17) is 11.6 Å². The maximum absolute atomic E-state index is 13.2. The zero-order valence-corrected chi connectivity index (χ0v) is 13.5. The van der Waals surface area contributed by atoms with Crippen LogP contribution in [0.15, 0.2) is 24.3 Å². The molecule has 1 aromatic carbocycles. The summed E-state index contributed by atoms with van der Waals surface area (Å²) >= 11 is 6.01. The second kappa shape index (κ2) is 6.00. The number of piperidine rings is 1. The molecule has 3 rings (SSSR count). The van der Waals surface area contributed by atoms with Crippen molar-refractivity contribution in [1.29, 1.82) is 0 Å². The summed E-state index contributed by atoms with van der Waals surface area (Å²) in [7, 11) is 0. The zero-order chi connectivity index (χ0) is 14.9. The van der Waals surface area contributed by atoms with E-state index >= 15 is 0 Å². The van der Waals surface area contributed by atoms with Gasteiger partial charge >= 0.3 is 0 Å². The molecule has 1 aliphatic carbocycles. The van der Waals surface area contributed by atoms with E-state index in [1.807, 2.05) is 12.1 Å². The number of benzene rings is 1. The Morgan fingerprint density at radius 1 is 1.14 bits per heavy atom. The van der Waals surface area contributed by atoms with E-state index < -0.39 is 0 Å². The molecular formula is C18H24ClNO. The normalized spacial score (nSPS) is 22.5. The lowest BCUT2D eigenvalue weighted by Crippen LogP contribution is -2.48. The molecule has 0 N–H and O–H groups in total. The Labute approximate surface area is 132 Å². The molecule has 1 saturated carbocycles. The van der Waals surface area contributed by atoms with Crippen LogP contribution in [0.25, 0.3) is 0 Å². The van der Waals surface area contributed by atoms with Crippen molar-refractivity contribution in [2.45, 2.75) is 50.9 Å². The molecule has 1 amide bonds. The van der Waals surface area contributed by atoms with Crippen LogP contribution >= 0.6 is 11.6 Å². The molecule has 1 aromatic rings. The van der Waals surface area contributed by atoms with Crippen molar-refractivity contribution >= 4 is 17.5 Å². The summed E-state index contributed by atoms with van der Waals surface area (Å²) < 4.78 is 0. The Morgan fingerprint density at radius 3 is 2.29 bits per heavy atom. The van der Waals surface area contributed by atoms with Gasteiger partial charge in [0.05, 0.1) is 5.41 Å². The first kappa shape index (κ1) is 14.9. The highest BCUT2D eigenvalue weighted by atomic mass is 35.5. The van der Waals surface area contributed by atoms with Crippen LogP contribution in [0, 0.1) is 5.92 Å². The maximum Gasteiger partial charge on any atom is 0.233 e. The van der Waals surface area contributed by atoms with Crippen LogP contribution in [-0.4, -0.2) is 23.9 Å². The summed E-state index contributed by atoms with van der Waals surface area (Å²) in [5.41, 5.74) is 0.874. The molecule has 0 bridgehead atoms. The Hall–Kier alpha value is -1.02. The van der Waals surface area contributed by atoms with Gasteiger partial charge in [-0.05, 0) is 49.3 Å². The predicted octanol–water partition coefficient (Wildman–Crippen LogP) is 4.41. The number of carbonyl (C=O) groups is 1. The summed E-state index contributed by atoms with van der Waals surface area (Å²) in [4.78, 5) is 15.3. The largest absolute Gasteiger partial charge is 0.342 e. The molecule has 21 heavy (non-hydrogen) atoms. The van der Waals surface area contributed by atoms with E-state index in [1.165, 1.54) is 0 Å². The van der Waals surface area contributed by atoms with Crippen molar-refractivity contribution in [3.05, 3.63) is 34.9 Å². The van der Waals surface area contributed by atoms with Crippen molar-refractivity contribution in [1.82, 2.24) is 4.90 Å². The van der Waals surface area contributed by atoms with E-state index in [-0.39, 0.29) is 5.41 Å². The topological polar surface area (TPSA) is 20.3 Å². The molecule has 1 aliphatic heterocycles. The second-order valence-electron chi connectivity index (χ2n) is 6.77. The lowest BCUT2D eigenvalue weighted by atomic mass is 9.77. The minimum Gasteiger partial charge on any atom is -0.342 e. The summed E-state index contributed by atoms with van der Waals surface area (Å²) in [6.45, 7) is 4.14. The van der Waals surface area contributed by atoms with Crippen LogP contribution in [-0.2, 0) is 10.2 Å². The summed E-state index contributed by atoms with van der Waals surface area (Å²) in [5.74, 6) is 1.11. The molecule has 3 heteroatoms. The first-order chi connectivity index (χ1) is 10.1. The second-order valence-corrected chi connectivity index (χ2v) is 7.21. The fraction of sp³-hybridized carbons (Fsp3) is 0.611. The molecule has 114 valence electrons. The van der Waals surface area contributed by atoms with Gasteiger partial charge < -0.3 is 4.90 Å². The van der Waals surface area contributed by atoms with E-state index in [0.29, 0.717) is 5.91 Å². The lowest BCUT2D eigenvalue weighted by Gasteiger charge is -2.38. The van der Waals surface area contributed by atoms with Gasteiger partial charge in [0.25, 0.3) is 0 Å². The minimum absolute atomic E-state index is 0.287. The van der Waals surface area contributed by atoms with E-state index in [2.05, 4.69) is 24.0 Å². The van der Waals surface area contributed by atoms with Gasteiger partial charge in [0.1, 0.15) is 0 Å². The van der Waals surface area contributed by atoms with Gasteiger partial charge in [-0.2, -0.15) is 0 Å². The third kappa shape index (κ3) is 2.83. The standard InChI is InChI=1S/C18H24ClNO/c1-14-8-12-20(13-9-14)17(21)18(10-2-3-11-18)15-4-6-16(19)7-5-15/h4-7,14H,2-3,8-13H2,1H3. The number of amides is 1. The lowest BCUT2D eigenvalue weighted by molar-refractivity contribution is -0.138. The fourth-order valence-electron chi connectivity index (χ4n) is 3.89. The fourth-order valence-corrected chi connectivity index (χ4v) is 4.01. The monoisotopic (exact) mass is 305 g/mol. The molecule has 0 aromatic heterocycles. The molecule has 1 saturated heterocycles. The van der Waals surface area contributed by atoms with Crippen molar-refractivity contribution < 1.29 is 4.79 Å². The van der Waals surface area contributed by atoms with Gasteiger partial charge in [-0.25, -0.2) is 0 Å². The quantitative estimate of drug-likeness (QED) is 0.792. The molecular weight excluding hydrogens is 282 g/mol. The van der Waals surface area contributed by atoms with E-state index in [1.54, 1.807) is 0 Å². The number of likely N-dealkylation sites (tertiary alicyclic amines) is 1. The Bertz CT molecular complexity index is 496. The Morgan fingerprint density at radius 2 is 1.71 bits per heavy atom. The number of hydrogen-bond donors (Lipinski definition) is 0. The number of rotatable bonds is 2. The number of nitrogens with zero attached hydrogens (tertiary/aromatic N) is 1. The van der Waals surface area contributed by atoms with Gasteiger partial charge in [0, 0.05) is 18.1 Å². The van der Waals surface area contributed by atoms with Crippen LogP contribution in [0.4, 0.5) is 0 Å². The van der Waals surface area contributed by atoms with Gasteiger partial charge in [-0.3, -0.25) is 4.79 Å². The van der Waals surface area contributed by atoms with E-state index in [0.717, 1.165) is 68.1 Å². The minimum atomic E-state index is -0.287. The molecule has 1 heterocycles. The van der Waals surface area contributed by atoms with Crippen LogP contribution < -0.4 is 0 Å². The number of halogens is 1. The van der Waals surface area contributed by atoms with Gasteiger partial charge in [0.15, 0.2) is 0 Å². The van der Waals surface area contributed by atoms with Gasteiger partial charge in [-0.1, -0.05) is 43.5 Å². The molecule has 0 unspecified atom stereocenters. The van der Waals surface area contributed by atoms with Crippen molar-refractivity contribution in [3.63, 3.8) is 0 Å². The van der Waals surface area contributed by atoms with E-state index in [9.17, 15) is 4.79 Å². The summed E-state index contributed by atoms with van der Waals surface area (Å²) in [6.07, 6.45) is 6.56. The first-order valence-electron chi connectivity index (χ1n) is 8.17. The van der Waals surface area contributed by atoms with Crippen molar-refractivity contribution in [2.24, 2.45) is 5.92 Å². The molecule has 0 radical (unpaired) electrons. The van der Waals surface area contributed by atoms with Crippen LogP contribution in [0.3, 0.4) is 0 Å². The van der Waals surface area contributed by atoms with Gasteiger partial charge in [-0.15, -0.1) is 0 Å². The average molecular weight is 306 g/mol. The summed E-state index contributed by atoms with van der Waals surface area (Å²) in [5, 5.41) is 0.742. The Balaban J connectivity index is 1.86. The van der Waals surface area contributed by atoms with Crippen LogP contribution in [0.1, 0.15) is 51.0 Å². The smallest absolute Gasteiger partial charge is 0.233 e. The van der Waals surface area contributed by atoms with Crippen LogP contribution in [0.2, 0.25) is 5.02 Å². The highest BCUT2D eigenvalue weighted by molar-refractivity contribution is 6.30. The third-order valence-corrected chi connectivity index (χ3v) is 5.59. The van der Waals surface area contributed by atoms with Gasteiger partial charge in [0.2, 0.25) is 5.91 Å². The molecule has 2 fully saturated rings. The molecule has 2 aliphatic rings. The molecule has 0 atom stereocenters. The average Bonchev–Trinajstić information content (AvgIpc) is 2.99. The van der Waals surface area contributed by atoms with Crippen molar-refractivity contribution in [2.75, 3.05) is 13.1 Å². The van der Waals surface area contributed by atoms with Crippen molar-refractivity contribution in [3.8, 4) is 0 Å². The van der Waals surface area contributed by atoms with Crippen LogP contribution in [0.5, 0.6) is 0 Å². The zero-order valence-electron chi connectivity index (χ0n) is 12.8. The molecule has 2 nitrogen and oxygen atoms in total. The highest BCUT2D eigenvalue weighted by Crippen LogP contribution is 2.43. The maximum atomic E-state index is 13.2. The number of hydrogen-bond acceptors (Lipinski definition) is 1. The third-order valence-electron chi connectivity index (χ3n) is 5.33. The first-order valence-corrected chi connectivity index (χ1v) is 8.55. The predicted molar refractivity (Wildman–Crippen MR) is 86.6 cm³/mol. The SMILES string of the molecule is CC1CCN(C(=O)C2(c3ccc(Cl)cc3)CCCC2)CC1. The summed E-state index contributed by atoms with van der Waals surface area (Å²) in [6, 6.07) is 7.95. The number of carbonyl (C=O) groups excluding carboxylic acids is 1. The molecule has 0 spiro atoms. The highest BCUT2D eigenvalue weighted by Gasteiger charge is 2.45. The Kier molecular flexibility index (Phi) is 4.26.